The monoisotopic (exact) mass is 637 g/mol. The zero-order chi connectivity index (χ0) is 33.0. The summed E-state index contributed by atoms with van der Waals surface area (Å²) in [5, 5.41) is 9.96. The number of furan rings is 1. The lowest BCUT2D eigenvalue weighted by Crippen LogP contribution is -2.09. The van der Waals surface area contributed by atoms with Gasteiger partial charge in [-0.3, -0.25) is 0 Å². The SMILES string of the molecule is c1ccc(N(c2ccc(-c3cccc4c3ccc3c5ccccc5ccc43)cc2)c2cccc(-c3cccc4oc5ccccc5c34)c2)cc1. The Morgan fingerprint density at radius 2 is 0.920 bits per heavy atom. The predicted octanol–water partition coefficient (Wildman–Crippen LogP) is 13.8. The van der Waals surface area contributed by atoms with Crippen LogP contribution in [0.3, 0.4) is 0 Å². The van der Waals surface area contributed by atoms with Crippen LogP contribution in [0.5, 0.6) is 0 Å². The fraction of sp³-hybridized carbons (Fsp3) is 0. The molecule has 0 N–H and O–H groups in total. The molecule has 0 amide bonds. The quantitative estimate of drug-likeness (QED) is 0.175. The average Bonchev–Trinajstić information content (AvgIpc) is 3.57. The molecule has 0 saturated carbocycles. The zero-order valence-electron chi connectivity index (χ0n) is 27.3. The number of rotatable bonds is 5. The van der Waals surface area contributed by atoms with Crippen molar-refractivity contribution in [3.05, 3.63) is 188 Å². The van der Waals surface area contributed by atoms with Crippen molar-refractivity contribution in [3.63, 3.8) is 0 Å². The van der Waals surface area contributed by atoms with Crippen LogP contribution in [0.15, 0.2) is 192 Å². The van der Waals surface area contributed by atoms with E-state index in [0.29, 0.717) is 0 Å². The second-order valence-corrected chi connectivity index (χ2v) is 12.9. The molecule has 0 unspecified atom stereocenters. The van der Waals surface area contributed by atoms with Gasteiger partial charge in [-0.15, -0.1) is 0 Å². The van der Waals surface area contributed by atoms with Gasteiger partial charge in [0.25, 0.3) is 0 Å². The van der Waals surface area contributed by atoms with Crippen molar-refractivity contribution in [2.75, 3.05) is 4.90 Å². The van der Waals surface area contributed by atoms with Crippen LogP contribution in [0.4, 0.5) is 17.1 Å². The summed E-state index contributed by atoms with van der Waals surface area (Å²) >= 11 is 0. The van der Waals surface area contributed by atoms with Gasteiger partial charge in [0.2, 0.25) is 0 Å². The fourth-order valence-electron chi connectivity index (χ4n) is 7.75. The van der Waals surface area contributed by atoms with E-state index in [0.717, 1.165) is 50.1 Å². The fourth-order valence-corrected chi connectivity index (χ4v) is 7.75. The highest BCUT2D eigenvalue weighted by Gasteiger charge is 2.17. The van der Waals surface area contributed by atoms with E-state index in [1.54, 1.807) is 0 Å². The maximum Gasteiger partial charge on any atom is 0.136 e. The van der Waals surface area contributed by atoms with Crippen LogP contribution in [0, 0.1) is 0 Å². The van der Waals surface area contributed by atoms with Crippen molar-refractivity contribution >= 4 is 71.3 Å². The number of hydrogen-bond acceptors (Lipinski definition) is 2. The summed E-state index contributed by atoms with van der Waals surface area (Å²) in [5.74, 6) is 0. The molecule has 10 rings (SSSR count). The summed E-state index contributed by atoms with van der Waals surface area (Å²) in [5.41, 5.74) is 9.84. The van der Waals surface area contributed by atoms with Crippen molar-refractivity contribution < 1.29 is 4.42 Å². The molecule has 0 saturated heterocycles. The molecule has 10 aromatic rings. The number of para-hydroxylation sites is 2. The van der Waals surface area contributed by atoms with Crippen LogP contribution in [0.1, 0.15) is 0 Å². The Morgan fingerprint density at radius 1 is 0.320 bits per heavy atom. The first-order valence-corrected chi connectivity index (χ1v) is 17.1. The molecule has 0 bridgehead atoms. The molecular weight excluding hydrogens is 607 g/mol. The Bertz CT molecular complexity index is 2870. The zero-order valence-corrected chi connectivity index (χ0v) is 27.3. The number of anilines is 3. The van der Waals surface area contributed by atoms with Gasteiger partial charge in [-0.05, 0) is 103 Å². The Balaban J connectivity index is 1.08. The maximum absolute atomic E-state index is 6.23. The summed E-state index contributed by atoms with van der Waals surface area (Å²) in [6.07, 6.45) is 0. The first-order chi connectivity index (χ1) is 24.8. The Hall–Kier alpha value is -6.64. The molecule has 0 fully saturated rings. The molecule has 0 aliphatic heterocycles. The van der Waals surface area contributed by atoms with Crippen molar-refractivity contribution in [2.45, 2.75) is 0 Å². The molecule has 0 spiro atoms. The van der Waals surface area contributed by atoms with Gasteiger partial charge in [0, 0.05) is 27.8 Å². The van der Waals surface area contributed by atoms with E-state index in [2.05, 4.69) is 181 Å². The summed E-state index contributed by atoms with van der Waals surface area (Å²) in [6, 6.07) is 67.5. The summed E-state index contributed by atoms with van der Waals surface area (Å²) < 4.78 is 6.23. The van der Waals surface area contributed by atoms with Crippen molar-refractivity contribution in [1.29, 1.82) is 0 Å². The van der Waals surface area contributed by atoms with Gasteiger partial charge in [0.15, 0.2) is 0 Å². The summed E-state index contributed by atoms with van der Waals surface area (Å²) in [4.78, 5) is 2.34. The van der Waals surface area contributed by atoms with Crippen molar-refractivity contribution in [1.82, 2.24) is 0 Å². The predicted molar refractivity (Wildman–Crippen MR) is 212 cm³/mol. The maximum atomic E-state index is 6.23. The van der Waals surface area contributed by atoms with Crippen LogP contribution in [0.2, 0.25) is 0 Å². The highest BCUT2D eigenvalue weighted by atomic mass is 16.3. The summed E-state index contributed by atoms with van der Waals surface area (Å²) in [6.45, 7) is 0. The van der Waals surface area contributed by atoms with E-state index in [1.165, 1.54) is 43.4 Å². The van der Waals surface area contributed by atoms with Crippen LogP contribution in [0.25, 0.3) is 76.5 Å². The molecule has 0 atom stereocenters. The largest absolute Gasteiger partial charge is 0.456 e. The highest BCUT2D eigenvalue weighted by molar-refractivity contribution is 6.19. The van der Waals surface area contributed by atoms with E-state index < -0.39 is 0 Å². The number of nitrogens with zero attached hydrogens (tertiary/aromatic N) is 1. The van der Waals surface area contributed by atoms with Crippen molar-refractivity contribution in [3.8, 4) is 22.3 Å². The van der Waals surface area contributed by atoms with Crippen molar-refractivity contribution in [2.24, 2.45) is 0 Å². The van der Waals surface area contributed by atoms with Gasteiger partial charge in [-0.25, -0.2) is 0 Å². The van der Waals surface area contributed by atoms with Crippen LogP contribution >= 0.6 is 0 Å². The molecule has 2 nitrogen and oxygen atoms in total. The van der Waals surface area contributed by atoms with Crippen LogP contribution < -0.4 is 4.90 Å². The van der Waals surface area contributed by atoms with Gasteiger partial charge >= 0.3 is 0 Å². The minimum Gasteiger partial charge on any atom is -0.456 e. The normalized spacial score (nSPS) is 11.6. The molecule has 234 valence electrons. The number of benzene rings is 9. The minimum absolute atomic E-state index is 0.902. The third-order valence-corrected chi connectivity index (χ3v) is 10.1. The molecular formula is C48H31NO. The second-order valence-electron chi connectivity index (χ2n) is 12.9. The van der Waals surface area contributed by atoms with Crippen LogP contribution in [-0.2, 0) is 0 Å². The lowest BCUT2D eigenvalue weighted by atomic mass is 9.92. The number of fused-ring (bicyclic) bond motifs is 8. The number of hydrogen-bond donors (Lipinski definition) is 0. The van der Waals surface area contributed by atoms with E-state index in [9.17, 15) is 0 Å². The lowest BCUT2D eigenvalue weighted by Gasteiger charge is -2.26. The Labute approximate surface area is 290 Å². The summed E-state index contributed by atoms with van der Waals surface area (Å²) in [7, 11) is 0. The Morgan fingerprint density at radius 3 is 1.82 bits per heavy atom. The van der Waals surface area contributed by atoms with Gasteiger partial charge < -0.3 is 9.32 Å². The minimum atomic E-state index is 0.902. The molecule has 0 radical (unpaired) electrons. The smallest absolute Gasteiger partial charge is 0.136 e. The van der Waals surface area contributed by atoms with Crippen LogP contribution in [-0.4, -0.2) is 0 Å². The van der Waals surface area contributed by atoms with E-state index in [-0.39, 0.29) is 0 Å². The Kier molecular flexibility index (Phi) is 6.53. The third-order valence-electron chi connectivity index (χ3n) is 10.1. The second kappa shape index (κ2) is 11.5. The van der Waals surface area contributed by atoms with Gasteiger partial charge in [0.05, 0.1) is 0 Å². The lowest BCUT2D eigenvalue weighted by molar-refractivity contribution is 0.669. The molecule has 9 aromatic carbocycles. The topological polar surface area (TPSA) is 16.4 Å². The average molecular weight is 638 g/mol. The molecule has 1 aromatic heterocycles. The molecule has 0 aliphatic carbocycles. The molecule has 2 heteroatoms. The van der Waals surface area contributed by atoms with E-state index >= 15 is 0 Å². The standard InChI is InChI=1S/C48H31NO/c1-2-13-35(14-3-1)49(37-15-8-12-34(31-37)40-19-10-22-47-48(40)45-17-6-7-21-46(45)50-47)36-26-23-33(24-27-36)39-18-9-20-41-42(39)29-30-43-38-16-5-4-11-32(38)25-28-44(41)43/h1-31H. The van der Waals surface area contributed by atoms with E-state index in [4.69, 9.17) is 4.42 Å². The molecule has 1 heterocycles. The highest BCUT2D eigenvalue weighted by Crippen LogP contribution is 2.42. The first-order valence-electron chi connectivity index (χ1n) is 17.1. The third kappa shape index (κ3) is 4.57. The van der Waals surface area contributed by atoms with Gasteiger partial charge in [-0.1, -0.05) is 140 Å². The van der Waals surface area contributed by atoms with E-state index in [1.807, 2.05) is 12.1 Å². The van der Waals surface area contributed by atoms with Gasteiger partial charge in [-0.2, -0.15) is 0 Å². The molecule has 0 aliphatic rings. The van der Waals surface area contributed by atoms with Gasteiger partial charge in [0.1, 0.15) is 11.2 Å². The first kappa shape index (κ1) is 28.4. The molecule has 50 heavy (non-hydrogen) atoms.